The number of para-hydroxylation sites is 1. The van der Waals surface area contributed by atoms with Gasteiger partial charge in [0.15, 0.2) is 6.10 Å². The molecule has 0 radical (unpaired) electrons. The lowest BCUT2D eigenvalue weighted by Gasteiger charge is -2.18. The van der Waals surface area contributed by atoms with Crippen LogP contribution in [0.5, 0.6) is 0 Å². The van der Waals surface area contributed by atoms with Crippen LogP contribution in [-0.4, -0.2) is 20.9 Å². The van der Waals surface area contributed by atoms with Gasteiger partial charge in [-0.25, -0.2) is 4.79 Å². The van der Waals surface area contributed by atoms with Crippen LogP contribution in [0.2, 0.25) is 0 Å². The predicted octanol–water partition coefficient (Wildman–Crippen LogP) is 3.33. The van der Waals surface area contributed by atoms with Crippen molar-refractivity contribution >= 4 is 11.7 Å². The normalized spacial score (nSPS) is 11.5. The second kappa shape index (κ2) is 7.31. The number of nitro groups is 1. The van der Waals surface area contributed by atoms with E-state index in [1.54, 1.807) is 48.7 Å². The first-order valence-electron chi connectivity index (χ1n) is 7.41. The first-order valence-corrected chi connectivity index (χ1v) is 7.41. The standard InChI is InChI=1S/C18H13N3O4/c22-18(14-6-4-10-20-12-14)25-17(13-5-3-9-19-11-13)15-7-1-2-8-16(15)21(23)24/h1-12,17H/t17-/m1/s1. The Kier molecular flexibility index (Phi) is 4.75. The fraction of sp³-hybridized carbons (Fsp3) is 0.0556. The van der Waals surface area contributed by atoms with Gasteiger partial charge in [0, 0.05) is 36.4 Å². The third-order valence-corrected chi connectivity index (χ3v) is 3.53. The zero-order valence-electron chi connectivity index (χ0n) is 13.0. The zero-order valence-corrected chi connectivity index (χ0v) is 13.0. The number of benzene rings is 1. The minimum absolute atomic E-state index is 0.129. The molecule has 1 atom stereocenters. The van der Waals surface area contributed by atoms with E-state index >= 15 is 0 Å². The highest BCUT2D eigenvalue weighted by Crippen LogP contribution is 2.33. The Morgan fingerprint density at radius 2 is 1.72 bits per heavy atom. The first kappa shape index (κ1) is 16.3. The molecule has 0 saturated heterocycles. The average molecular weight is 335 g/mol. The molecule has 0 saturated carbocycles. The third-order valence-electron chi connectivity index (χ3n) is 3.53. The van der Waals surface area contributed by atoms with Gasteiger partial charge in [0.2, 0.25) is 0 Å². The van der Waals surface area contributed by atoms with E-state index in [0.717, 1.165) is 0 Å². The van der Waals surface area contributed by atoms with Crippen molar-refractivity contribution in [3.05, 3.63) is 100 Å². The quantitative estimate of drug-likeness (QED) is 0.403. The van der Waals surface area contributed by atoms with Crippen molar-refractivity contribution in [1.29, 1.82) is 0 Å². The number of carbonyl (C=O) groups is 1. The van der Waals surface area contributed by atoms with Gasteiger partial charge in [0.05, 0.1) is 16.1 Å². The number of aromatic nitrogens is 2. The topological polar surface area (TPSA) is 95.2 Å². The van der Waals surface area contributed by atoms with Crippen molar-refractivity contribution in [1.82, 2.24) is 9.97 Å². The summed E-state index contributed by atoms with van der Waals surface area (Å²) >= 11 is 0. The maximum atomic E-state index is 12.4. The second-order valence-electron chi connectivity index (χ2n) is 5.13. The molecule has 3 rings (SSSR count). The lowest BCUT2D eigenvalue weighted by Crippen LogP contribution is -2.14. The Labute approximate surface area is 143 Å². The monoisotopic (exact) mass is 335 g/mol. The van der Waals surface area contributed by atoms with Crippen LogP contribution in [0.25, 0.3) is 0 Å². The predicted molar refractivity (Wildman–Crippen MR) is 88.8 cm³/mol. The molecule has 3 aromatic rings. The summed E-state index contributed by atoms with van der Waals surface area (Å²) in [5, 5.41) is 11.4. The summed E-state index contributed by atoms with van der Waals surface area (Å²) in [6.07, 6.45) is 5.04. The molecule has 1 aromatic carbocycles. The molecule has 0 fully saturated rings. The Morgan fingerprint density at radius 3 is 2.36 bits per heavy atom. The summed E-state index contributed by atoms with van der Waals surface area (Å²) in [7, 11) is 0. The molecular weight excluding hydrogens is 322 g/mol. The highest BCUT2D eigenvalue weighted by molar-refractivity contribution is 5.89. The number of hydrogen-bond acceptors (Lipinski definition) is 6. The number of esters is 1. The molecule has 0 amide bonds. The summed E-state index contributed by atoms with van der Waals surface area (Å²) in [6.45, 7) is 0. The Bertz CT molecular complexity index is 885. The smallest absolute Gasteiger partial charge is 0.340 e. The Morgan fingerprint density at radius 1 is 1.00 bits per heavy atom. The van der Waals surface area contributed by atoms with Crippen LogP contribution in [0, 0.1) is 10.1 Å². The lowest BCUT2D eigenvalue weighted by atomic mass is 10.0. The number of pyridine rings is 2. The van der Waals surface area contributed by atoms with Crippen molar-refractivity contribution in [3.8, 4) is 0 Å². The van der Waals surface area contributed by atoms with Gasteiger partial charge >= 0.3 is 5.97 Å². The molecule has 0 spiro atoms. The molecule has 7 heteroatoms. The van der Waals surface area contributed by atoms with E-state index in [1.165, 1.54) is 24.7 Å². The number of hydrogen-bond donors (Lipinski definition) is 0. The molecule has 0 aliphatic heterocycles. The molecule has 2 aromatic heterocycles. The van der Waals surface area contributed by atoms with Crippen molar-refractivity contribution in [2.75, 3.05) is 0 Å². The molecule has 0 unspecified atom stereocenters. The van der Waals surface area contributed by atoms with E-state index in [4.69, 9.17) is 4.74 Å². The average Bonchev–Trinajstić information content (AvgIpc) is 2.67. The van der Waals surface area contributed by atoms with Crippen LogP contribution in [0.3, 0.4) is 0 Å². The number of ether oxygens (including phenoxy) is 1. The van der Waals surface area contributed by atoms with Crippen LogP contribution in [-0.2, 0) is 4.74 Å². The molecule has 124 valence electrons. The maximum Gasteiger partial charge on any atom is 0.340 e. The van der Waals surface area contributed by atoms with E-state index in [-0.39, 0.29) is 16.8 Å². The van der Waals surface area contributed by atoms with E-state index in [2.05, 4.69) is 9.97 Å². The van der Waals surface area contributed by atoms with Crippen molar-refractivity contribution in [2.24, 2.45) is 0 Å². The number of rotatable bonds is 5. The van der Waals surface area contributed by atoms with Crippen molar-refractivity contribution in [3.63, 3.8) is 0 Å². The summed E-state index contributed by atoms with van der Waals surface area (Å²) in [6, 6.07) is 12.7. The van der Waals surface area contributed by atoms with Gasteiger partial charge in [-0.3, -0.25) is 20.1 Å². The molecular formula is C18H13N3O4. The van der Waals surface area contributed by atoms with Gasteiger partial charge in [-0.1, -0.05) is 18.2 Å². The van der Waals surface area contributed by atoms with Crippen molar-refractivity contribution in [2.45, 2.75) is 6.10 Å². The van der Waals surface area contributed by atoms with Gasteiger partial charge in [0.25, 0.3) is 5.69 Å². The molecule has 7 nitrogen and oxygen atoms in total. The van der Waals surface area contributed by atoms with Crippen LogP contribution in [0.4, 0.5) is 5.69 Å². The lowest BCUT2D eigenvalue weighted by molar-refractivity contribution is -0.386. The summed E-state index contributed by atoms with van der Waals surface area (Å²) in [4.78, 5) is 31.2. The van der Waals surface area contributed by atoms with Gasteiger partial charge in [-0.15, -0.1) is 0 Å². The number of nitro benzene ring substituents is 1. The summed E-state index contributed by atoms with van der Waals surface area (Å²) in [5.74, 6) is -0.625. The second-order valence-corrected chi connectivity index (χ2v) is 5.13. The molecule has 0 aliphatic rings. The number of carbonyl (C=O) groups excluding carboxylic acids is 1. The van der Waals surface area contributed by atoms with E-state index in [9.17, 15) is 14.9 Å². The van der Waals surface area contributed by atoms with E-state index in [0.29, 0.717) is 5.56 Å². The van der Waals surface area contributed by atoms with E-state index in [1.807, 2.05) is 0 Å². The van der Waals surface area contributed by atoms with Gasteiger partial charge < -0.3 is 4.74 Å². The minimum atomic E-state index is -0.956. The zero-order chi connectivity index (χ0) is 17.6. The molecule has 0 aliphatic carbocycles. The SMILES string of the molecule is O=C(O[C@H](c1cccnc1)c1ccccc1[N+](=O)[O-])c1cccnc1. The van der Waals surface area contributed by atoms with Crippen LogP contribution in [0.1, 0.15) is 27.6 Å². The van der Waals surface area contributed by atoms with Crippen LogP contribution in [0.15, 0.2) is 73.3 Å². The molecule has 0 bridgehead atoms. The van der Waals surface area contributed by atoms with Gasteiger partial charge in [0.1, 0.15) is 0 Å². The van der Waals surface area contributed by atoms with Crippen LogP contribution >= 0.6 is 0 Å². The molecule has 25 heavy (non-hydrogen) atoms. The largest absolute Gasteiger partial charge is 0.449 e. The third kappa shape index (κ3) is 3.66. The number of nitrogens with zero attached hydrogens (tertiary/aromatic N) is 3. The fourth-order valence-corrected chi connectivity index (χ4v) is 2.38. The highest BCUT2D eigenvalue weighted by atomic mass is 16.6. The Hall–Kier alpha value is -3.61. The van der Waals surface area contributed by atoms with Gasteiger partial charge in [-0.2, -0.15) is 0 Å². The van der Waals surface area contributed by atoms with Gasteiger partial charge in [-0.05, 0) is 24.3 Å². The Balaban J connectivity index is 2.03. The van der Waals surface area contributed by atoms with Crippen molar-refractivity contribution < 1.29 is 14.5 Å². The maximum absolute atomic E-state index is 12.4. The van der Waals surface area contributed by atoms with Crippen LogP contribution < -0.4 is 0 Å². The summed E-state index contributed by atoms with van der Waals surface area (Å²) in [5.41, 5.74) is 0.942. The highest BCUT2D eigenvalue weighted by Gasteiger charge is 2.27. The van der Waals surface area contributed by atoms with E-state index < -0.39 is 17.0 Å². The minimum Gasteiger partial charge on any atom is -0.449 e. The molecule has 2 heterocycles. The first-order chi connectivity index (χ1) is 12.2. The summed E-state index contributed by atoms with van der Waals surface area (Å²) < 4.78 is 5.58. The molecule has 0 N–H and O–H groups in total. The fourth-order valence-electron chi connectivity index (χ4n) is 2.38.